The quantitative estimate of drug-likeness (QED) is 0.831. The van der Waals surface area contributed by atoms with E-state index in [0.29, 0.717) is 12.1 Å². The second-order valence-corrected chi connectivity index (χ2v) is 6.88. The molecule has 0 N–H and O–H groups in total. The molecule has 20 heavy (non-hydrogen) atoms. The summed E-state index contributed by atoms with van der Waals surface area (Å²) in [6.45, 7) is 4.34. The third kappa shape index (κ3) is 2.28. The summed E-state index contributed by atoms with van der Waals surface area (Å²) in [7, 11) is 0. The van der Waals surface area contributed by atoms with Crippen LogP contribution in [-0.2, 0) is 4.74 Å². The highest BCUT2D eigenvalue weighted by Crippen LogP contribution is 2.38. The molecule has 0 bridgehead atoms. The average Bonchev–Trinajstić information content (AvgIpc) is 3.19. The number of piperazine rings is 1. The highest BCUT2D eigenvalue weighted by molar-refractivity contribution is 7.08. The van der Waals surface area contributed by atoms with Gasteiger partial charge in [0, 0.05) is 31.1 Å². The maximum atomic E-state index is 12.4. The summed E-state index contributed by atoms with van der Waals surface area (Å²) in [6, 6.07) is 2.92. The first kappa shape index (κ1) is 12.8. The maximum absolute atomic E-state index is 12.4. The van der Waals surface area contributed by atoms with Crippen molar-refractivity contribution in [2.45, 2.75) is 24.9 Å². The highest BCUT2D eigenvalue weighted by atomic mass is 32.1. The minimum Gasteiger partial charge on any atom is -0.378 e. The molecule has 1 aromatic rings. The van der Waals surface area contributed by atoms with Crippen molar-refractivity contribution in [1.82, 2.24) is 9.80 Å². The van der Waals surface area contributed by atoms with Gasteiger partial charge in [-0.15, -0.1) is 0 Å². The Hall–Kier alpha value is -0.910. The van der Waals surface area contributed by atoms with E-state index in [2.05, 4.69) is 4.90 Å². The minimum absolute atomic E-state index is 0.180. The van der Waals surface area contributed by atoms with E-state index < -0.39 is 0 Å². The molecule has 2 atom stereocenters. The molecule has 2 saturated heterocycles. The molecule has 0 spiro atoms. The van der Waals surface area contributed by atoms with Crippen LogP contribution in [0.3, 0.4) is 0 Å². The molecule has 0 radical (unpaired) electrons. The third-order valence-corrected chi connectivity index (χ3v) is 5.46. The van der Waals surface area contributed by atoms with E-state index in [1.807, 2.05) is 21.7 Å². The minimum atomic E-state index is 0.180. The summed E-state index contributed by atoms with van der Waals surface area (Å²) in [5.74, 6) is 1.02. The predicted octanol–water partition coefficient (Wildman–Crippen LogP) is 1.68. The monoisotopic (exact) mass is 292 g/mol. The molecule has 0 unspecified atom stereocenters. The van der Waals surface area contributed by atoms with Gasteiger partial charge in [0.05, 0.1) is 24.8 Å². The lowest BCUT2D eigenvalue weighted by molar-refractivity contribution is -0.0816. The van der Waals surface area contributed by atoms with Crippen molar-refractivity contribution >= 4 is 17.2 Å². The normalized spacial score (nSPS) is 31.1. The number of thiophene rings is 1. The Morgan fingerprint density at radius 1 is 1.30 bits per heavy atom. The largest absolute Gasteiger partial charge is 0.378 e. The lowest BCUT2D eigenvalue weighted by atomic mass is 10.0. The molecule has 5 heteroatoms. The number of hydrogen-bond acceptors (Lipinski definition) is 4. The summed E-state index contributed by atoms with van der Waals surface area (Å²) in [5, 5.41) is 3.91. The van der Waals surface area contributed by atoms with Crippen LogP contribution in [0.25, 0.3) is 0 Å². The molecule has 4 rings (SSSR count). The number of nitrogens with zero attached hydrogens (tertiary/aromatic N) is 2. The van der Waals surface area contributed by atoms with Crippen LogP contribution in [0.5, 0.6) is 0 Å². The third-order valence-electron chi connectivity index (χ3n) is 4.77. The van der Waals surface area contributed by atoms with E-state index in [0.717, 1.165) is 44.3 Å². The topological polar surface area (TPSA) is 32.8 Å². The van der Waals surface area contributed by atoms with Crippen molar-refractivity contribution in [3.63, 3.8) is 0 Å². The molecule has 3 fully saturated rings. The molecular weight excluding hydrogens is 272 g/mol. The van der Waals surface area contributed by atoms with E-state index in [4.69, 9.17) is 4.74 Å². The highest BCUT2D eigenvalue weighted by Gasteiger charge is 2.43. The molecule has 3 aliphatic rings. The summed E-state index contributed by atoms with van der Waals surface area (Å²) < 4.78 is 5.79. The molecule has 0 aromatic carbocycles. The number of hydrogen-bond donors (Lipinski definition) is 0. The van der Waals surface area contributed by atoms with Crippen molar-refractivity contribution in [1.29, 1.82) is 0 Å². The first-order valence-electron chi connectivity index (χ1n) is 7.48. The Kier molecular flexibility index (Phi) is 3.28. The van der Waals surface area contributed by atoms with Gasteiger partial charge in [-0.3, -0.25) is 9.69 Å². The molecule has 1 amide bonds. The van der Waals surface area contributed by atoms with Crippen LogP contribution in [0.15, 0.2) is 16.8 Å². The SMILES string of the molecule is O=C(c1ccsc1)N1CCN2[C@@H](COC[C@@H]2C2CC2)C1. The zero-order chi connectivity index (χ0) is 13.5. The van der Waals surface area contributed by atoms with Crippen LogP contribution in [0.2, 0.25) is 0 Å². The number of rotatable bonds is 2. The van der Waals surface area contributed by atoms with Gasteiger partial charge < -0.3 is 9.64 Å². The van der Waals surface area contributed by atoms with E-state index >= 15 is 0 Å². The zero-order valence-corrected chi connectivity index (χ0v) is 12.3. The maximum Gasteiger partial charge on any atom is 0.254 e. The first-order valence-corrected chi connectivity index (χ1v) is 8.42. The van der Waals surface area contributed by atoms with E-state index in [-0.39, 0.29) is 5.91 Å². The molecule has 1 aromatic heterocycles. The van der Waals surface area contributed by atoms with Gasteiger partial charge >= 0.3 is 0 Å². The van der Waals surface area contributed by atoms with Gasteiger partial charge in [0.15, 0.2) is 0 Å². The van der Waals surface area contributed by atoms with E-state index in [9.17, 15) is 4.79 Å². The van der Waals surface area contributed by atoms with Crippen molar-refractivity contribution in [2.75, 3.05) is 32.8 Å². The summed E-state index contributed by atoms with van der Waals surface area (Å²) in [6.07, 6.45) is 2.71. The molecule has 4 nitrogen and oxygen atoms in total. The summed E-state index contributed by atoms with van der Waals surface area (Å²) >= 11 is 1.58. The number of fused-ring (bicyclic) bond motifs is 1. The number of carbonyl (C=O) groups excluding carboxylic acids is 1. The van der Waals surface area contributed by atoms with Crippen molar-refractivity contribution in [3.8, 4) is 0 Å². The predicted molar refractivity (Wildman–Crippen MR) is 78.0 cm³/mol. The van der Waals surface area contributed by atoms with Gasteiger partial charge in [0.1, 0.15) is 0 Å². The Bertz CT molecular complexity index is 486. The first-order chi connectivity index (χ1) is 9.83. The van der Waals surface area contributed by atoms with Crippen molar-refractivity contribution in [2.24, 2.45) is 5.92 Å². The van der Waals surface area contributed by atoms with Gasteiger partial charge in [0.2, 0.25) is 0 Å². The number of ether oxygens (including phenoxy) is 1. The fraction of sp³-hybridized carbons (Fsp3) is 0.667. The second kappa shape index (κ2) is 5.13. The number of morpholine rings is 1. The van der Waals surface area contributed by atoms with Crippen LogP contribution < -0.4 is 0 Å². The van der Waals surface area contributed by atoms with Gasteiger partial charge in [-0.05, 0) is 30.2 Å². The van der Waals surface area contributed by atoms with E-state index in [1.165, 1.54) is 12.8 Å². The molecule has 108 valence electrons. The van der Waals surface area contributed by atoms with Gasteiger partial charge in [-0.1, -0.05) is 0 Å². The molecule has 2 aliphatic heterocycles. The lowest BCUT2D eigenvalue weighted by Gasteiger charge is -2.48. The van der Waals surface area contributed by atoms with Crippen LogP contribution in [-0.4, -0.2) is 60.6 Å². The Morgan fingerprint density at radius 3 is 2.95 bits per heavy atom. The Balaban J connectivity index is 1.45. The Morgan fingerprint density at radius 2 is 2.20 bits per heavy atom. The number of amides is 1. The lowest BCUT2D eigenvalue weighted by Crippen LogP contribution is -2.63. The summed E-state index contributed by atoms with van der Waals surface area (Å²) in [4.78, 5) is 17.0. The van der Waals surface area contributed by atoms with Crippen LogP contribution in [0.1, 0.15) is 23.2 Å². The molecular formula is C15H20N2O2S. The fourth-order valence-electron chi connectivity index (χ4n) is 3.52. The zero-order valence-electron chi connectivity index (χ0n) is 11.5. The van der Waals surface area contributed by atoms with Crippen molar-refractivity contribution < 1.29 is 9.53 Å². The van der Waals surface area contributed by atoms with Crippen LogP contribution in [0.4, 0.5) is 0 Å². The smallest absolute Gasteiger partial charge is 0.254 e. The molecule has 1 aliphatic carbocycles. The van der Waals surface area contributed by atoms with Crippen molar-refractivity contribution in [3.05, 3.63) is 22.4 Å². The molecule has 1 saturated carbocycles. The second-order valence-electron chi connectivity index (χ2n) is 6.10. The van der Waals surface area contributed by atoms with Gasteiger partial charge in [0.25, 0.3) is 5.91 Å². The van der Waals surface area contributed by atoms with E-state index in [1.54, 1.807) is 11.3 Å². The Labute approximate surface area is 123 Å². The standard InChI is InChI=1S/C15H20N2O2S/c18-15(12-3-6-20-10-12)16-4-5-17-13(7-16)8-19-9-14(17)11-1-2-11/h3,6,10-11,13-14H,1-2,4-5,7-9H2/t13-,14-/m1/s1. The summed E-state index contributed by atoms with van der Waals surface area (Å²) in [5.41, 5.74) is 0.832. The van der Waals surface area contributed by atoms with Gasteiger partial charge in [-0.25, -0.2) is 0 Å². The fourth-order valence-corrected chi connectivity index (χ4v) is 4.15. The van der Waals surface area contributed by atoms with Crippen LogP contribution in [0, 0.1) is 5.92 Å². The van der Waals surface area contributed by atoms with Crippen LogP contribution >= 0.6 is 11.3 Å². The number of carbonyl (C=O) groups is 1. The average molecular weight is 292 g/mol. The molecule has 3 heterocycles. The van der Waals surface area contributed by atoms with Gasteiger partial charge in [-0.2, -0.15) is 11.3 Å².